The monoisotopic (exact) mass is 171 g/mol. The number of ether oxygens (including phenoxy) is 1. The number of amides is 2. The molecule has 1 aliphatic rings. The molecule has 3 N–H and O–H groups in total. The largest absolute Gasteiger partial charge is 0.381 e. The number of hydrazone groups is 1. The van der Waals surface area contributed by atoms with E-state index in [9.17, 15) is 4.79 Å². The Balaban J connectivity index is 2.37. The Hall–Kier alpha value is -1.10. The average molecular weight is 171 g/mol. The molecule has 0 aromatic heterocycles. The summed E-state index contributed by atoms with van der Waals surface area (Å²) in [5.74, 6) is 0. The van der Waals surface area contributed by atoms with Crippen molar-refractivity contribution in [3.05, 3.63) is 0 Å². The number of nitrogens with zero attached hydrogens (tertiary/aromatic N) is 1. The first-order valence-corrected chi connectivity index (χ1v) is 3.97. The number of rotatable bonds is 1. The van der Waals surface area contributed by atoms with Crippen LogP contribution >= 0.6 is 0 Å². The van der Waals surface area contributed by atoms with Crippen LogP contribution in [0.25, 0.3) is 0 Å². The van der Waals surface area contributed by atoms with Gasteiger partial charge in [0.2, 0.25) is 0 Å². The lowest BCUT2D eigenvalue weighted by Gasteiger charge is -1.99. The number of nitrogens with one attached hydrogen (secondary N) is 1. The van der Waals surface area contributed by atoms with E-state index < -0.39 is 6.03 Å². The van der Waals surface area contributed by atoms with Crippen molar-refractivity contribution in [3.63, 3.8) is 0 Å². The van der Waals surface area contributed by atoms with Crippen LogP contribution in [-0.2, 0) is 4.74 Å². The number of urea groups is 1. The highest BCUT2D eigenvalue weighted by Crippen LogP contribution is 2.03. The smallest absolute Gasteiger partial charge is 0.332 e. The second-order valence-corrected chi connectivity index (χ2v) is 2.62. The molecule has 1 fully saturated rings. The summed E-state index contributed by atoms with van der Waals surface area (Å²) in [6, 6.07) is -0.618. The van der Waals surface area contributed by atoms with Gasteiger partial charge in [-0.2, -0.15) is 5.10 Å². The van der Waals surface area contributed by atoms with E-state index in [0.717, 1.165) is 31.6 Å². The molecule has 1 rings (SSSR count). The molecule has 68 valence electrons. The maximum atomic E-state index is 10.3. The lowest BCUT2D eigenvalue weighted by Crippen LogP contribution is -2.25. The molecule has 1 saturated heterocycles. The molecular weight excluding hydrogens is 158 g/mol. The van der Waals surface area contributed by atoms with Crippen molar-refractivity contribution in [2.75, 3.05) is 13.2 Å². The molecule has 0 saturated carbocycles. The van der Waals surface area contributed by atoms with Crippen LogP contribution in [0.5, 0.6) is 0 Å². The molecule has 1 heterocycles. The van der Waals surface area contributed by atoms with Crippen molar-refractivity contribution in [1.82, 2.24) is 5.43 Å². The van der Waals surface area contributed by atoms with Gasteiger partial charge in [-0.15, -0.1) is 0 Å². The summed E-state index contributed by atoms with van der Waals surface area (Å²) in [6.45, 7) is 1.45. The van der Waals surface area contributed by atoms with E-state index in [1.54, 1.807) is 0 Å². The van der Waals surface area contributed by atoms with Crippen LogP contribution in [-0.4, -0.2) is 25.0 Å². The van der Waals surface area contributed by atoms with Crippen molar-refractivity contribution in [3.8, 4) is 0 Å². The van der Waals surface area contributed by atoms with Crippen LogP contribution < -0.4 is 11.2 Å². The third-order valence-corrected chi connectivity index (χ3v) is 1.61. The zero-order valence-electron chi connectivity index (χ0n) is 6.88. The summed E-state index contributed by atoms with van der Waals surface area (Å²) in [5.41, 5.74) is 8.02. The van der Waals surface area contributed by atoms with Gasteiger partial charge in [0, 0.05) is 18.7 Å². The van der Waals surface area contributed by atoms with Crippen molar-refractivity contribution in [2.24, 2.45) is 10.8 Å². The molecule has 0 atom stereocenters. The topological polar surface area (TPSA) is 76.7 Å². The number of primary amides is 1. The van der Waals surface area contributed by atoms with Gasteiger partial charge in [-0.1, -0.05) is 0 Å². The highest BCUT2D eigenvalue weighted by atomic mass is 16.5. The van der Waals surface area contributed by atoms with Gasteiger partial charge in [-0.25, -0.2) is 10.2 Å². The van der Waals surface area contributed by atoms with Crippen molar-refractivity contribution in [2.45, 2.75) is 19.3 Å². The predicted octanol–water partition coefficient (Wildman–Crippen LogP) is 0.211. The number of carbonyl (C=O) groups excluding carboxylic acids is 1. The Morgan fingerprint density at radius 2 is 2.33 bits per heavy atom. The third-order valence-electron chi connectivity index (χ3n) is 1.61. The minimum atomic E-state index is -0.618. The highest BCUT2D eigenvalue weighted by Gasteiger charge is 2.05. The number of hydrogen-bond acceptors (Lipinski definition) is 3. The summed E-state index contributed by atoms with van der Waals surface area (Å²) < 4.78 is 5.21. The van der Waals surface area contributed by atoms with Crippen molar-refractivity contribution >= 4 is 11.7 Å². The molecule has 5 heteroatoms. The van der Waals surface area contributed by atoms with Crippen LogP contribution in [0.1, 0.15) is 19.3 Å². The Kier molecular flexibility index (Phi) is 3.53. The van der Waals surface area contributed by atoms with Gasteiger partial charge in [-0.3, -0.25) is 0 Å². The van der Waals surface area contributed by atoms with E-state index >= 15 is 0 Å². The molecule has 2 amide bonds. The second-order valence-electron chi connectivity index (χ2n) is 2.62. The van der Waals surface area contributed by atoms with Gasteiger partial charge >= 0.3 is 6.03 Å². The van der Waals surface area contributed by atoms with Crippen LogP contribution in [0.4, 0.5) is 4.79 Å². The van der Waals surface area contributed by atoms with E-state index in [0.29, 0.717) is 6.61 Å². The Morgan fingerprint density at radius 1 is 1.50 bits per heavy atom. The van der Waals surface area contributed by atoms with E-state index in [1.807, 2.05) is 0 Å². The maximum absolute atomic E-state index is 10.3. The SMILES string of the molecule is NC(=O)N/N=C1\CCCOCC1. The van der Waals surface area contributed by atoms with Crippen LogP contribution in [0.3, 0.4) is 0 Å². The lowest BCUT2D eigenvalue weighted by atomic mass is 10.2. The van der Waals surface area contributed by atoms with Crippen molar-refractivity contribution in [1.29, 1.82) is 0 Å². The van der Waals surface area contributed by atoms with Gasteiger partial charge < -0.3 is 10.5 Å². The molecule has 0 unspecified atom stereocenters. The maximum Gasteiger partial charge on any atom is 0.332 e. The van der Waals surface area contributed by atoms with Crippen molar-refractivity contribution < 1.29 is 9.53 Å². The molecule has 1 aliphatic heterocycles. The summed E-state index contributed by atoms with van der Waals surface area (Å²) in [6.07, 6.45) is 2.61. The predicted molar refractivity (Wildman–Crippen MR) is 44.8 cm³/mol. The van der Waals surface area contributed by atoms with Gasteiger partial charge in [0.15, 0.2) is 0 Å². The minimum Gasteiger partial charge on any atom is -0.381 e. The fourth-order valence-corrected chi connectivity index (χ4v) is 1.04. The average Bonchev–Trinajstić information content (AvgIpc) is 2.28. The number of carbonyl (C=O) groups is 1. The van der Waals surface area contributed by atoms with Gasteiger partial charge in [0.1, 0.15) is 0 Å². The summed E-state index contributed by atoms with van der Waals surface area (Å²) in [7, 11) is 0. The highest BCUT2D eigenvalue weighted by molar-refractivity contribution is 5.86. The standard InChI is InChI=1S/C7H13N3O2/c8-7(11)10-9-6-2-1-4-12-5-3-6/h1-5H2,(H3,8,10,11)/b9-6+. The second kappa shape index (κ2) is 4.71. The summed E-state index contributed by atoms with van der Waals surface area (Å²) in [4.78, 5) is 10.3. The normalized spacial score (nSPS) is 21.8. The molecule has 0 aliphatic carbocycles. The molecule has 0 aromatic carbocycles. The van der Waals surface area contributed by atoms with Gasteiger partial charge in [0.05, 0.1) is 6.61 Å². The van der Waals surface area contributed by atoms with Crippen LogP contribution in [0.2, 0.25) is 0 Å². The Morgan fingerprint density at radius 3 is 3.08 bits per heavy atom. The Bertz CT molecular complexity index is 181. The Labute approximate surface area is 71.0 Å². The molecule has 0 radical (unpaired) electrons. The fourth-order valence-electron chi connectivity index (χ4n) is 1.04. The zero-order valence-corrected chi connectivity index (χ0v) is 6.88. The molecule has 0 aromatic rings. The summed E-state index contributed by atoms with van der Waals surface area (Å²) in [5, 5.41) is 3.85. The molecule has 0 bridgehead atoms. The van der Waals surface area contributed by atoms with E-state index in [1.165, 1.54) is 0 Å². The van der Waals surface area contributed by atoms with Crippen LogP contribution in [0, 0.1) is 0 Å². The number of hydrogen-bond donors (Lipinski definition) is 2. The molecule has 0 spiro atoms. The number of nitrogens with two attached hydrogens (primary N) is 1. The van der Waals surface area contributed by atoms with E-state index in [-0.39, 0.29) is 0 Å². The first kappa shape index (κ1) is 8.99. The zero-order chi connectivity index (χ0) is 8.81. The molecule has 5 nitrogen and oxygen atoms in total. The lowest BCUT2D eigenvalue weighted by molar-refractivity contribution is 0.147. The fraction of sp³-hybridized carbons (Fsp3) is 0.714. The van der Waals surface area contributed by atoms with Gasteiger partial charge in [-0.05, 0) is 12.8 Å². The van der Waals surface area contributed by atoms with Crippen LogP contribution in [0.15, 0.2) is 5.10 Å². The van der Waals surface area contributed by atoms with E-state index in [4.69, 9.17) is 10.5 Å². The summed E-state index contributed by atoms with van der Waals surface area (Å²) >= 11 is 0. The molecular formula is C7H13N3O2. The van der Waals surface area contributed by atoms with E-state index in [2.05, 4.69) is 10.5 Å². The quantitative estimate of drug-likeness (QED) is 0.553. The first-order valence-electron chi connectivity index (χ1n) is 3.97. The van der Waals surface area contributed by atoms with Gasteiger partial charge in [0.25, 0.3) is 0 Å². The first-order chi connectivity index (χ1) is 5.79. The third kappa shape index (κ3) is 3.34. The minimum absolute atomic E-state index is 0.618. The molecule has 12 heavy (non-hydrogen) atoms.